The molecule has 50 heavy (non-hydrogen) atoms. The van der Waals surface area contributed by atoms with E-state index >= 15 is 0 Å². The molecule has 0 saturated carbocycles. The Bertz CT molecular complexity index is 2230. The van der Waals surface area contributed by atoms with Crippen molar-refractivity contribution >= 4 is 40.2 Å². The zero-order valence-electron chi connectivity index (χ0n) is 26.3. The summed E-state index contributed by atoms with van der Waals surface area (Å²) in [7, 11) is 0. The van der Waals surface area contributed by atoms with Crippen molar-refractivity contribution < 1.29 is 28.4 Å². The van der Waals surface area contributed by atoms with Crippen molar-refractivity contribution in [1.29, 1.82) is 0 Å². The van der Waals surface area contributed by atoms with E-state index in [0.29, 0.717) is 46.0 Å². The summed E-state index contributed by atoms with van der Waals surface area (Å²) in [6.07, 6.45) is 0. The summed E-state index contributed by atoms with van der Waals surface area (Å²) in [6, 6.07) is 47.5. The average Bonchev–Trinajstić information content (AvgIpc) is 3.15. The predicted octanol–water partition coefficient (Wildman–Crippen LogP) is 9.68. The predicted molar refractivity (Wildman–Crippen MR) is 192 cm³/mol. The summed E-state index contributed by atoms with van der Waals surface area (Å²) in [6.45, 7) is -0.0103. The van der Waals surface area contributed by atoms with E-state index in [4.69, 9.17) is 28.4 Å². The average molecular weight is 649 g/mol. The molecule has 4 heterocycles. The van der Waals surface area contributed by atoms with Gasteiger partial charge in [0.15, 0.2) is 34.5 Å². The molecule has 0 radical (unpaired) electrons. The number of ether oxygens (including phenoxy) is 6. The highest BCUT2D eigenvalue weighted by Gasteiger charge is 2.40. The van der Waals surface area contributed by atoms with Gasteiger partial charge in [-0.3, -0.25) is 4.90 Å². The fraction of sp³-hybridized carbons (Fsp3) is 0. The van der Waals surface area contributed by atoms with Gasteiger partial charge in [-0.25, -0.2) is 0 Å². The number of hydrogen-bond acceptors (Lipinski definition) is 7. The number of anilines is 3. The van der Waals surface area contributed by atoms with E-state index < -0.39 is 0 Å². The minimum Gasteiger partial charge on any atom is -0.458 e. The van der Waals surface area contributed by atoms with E-state index in [1.165, 1.54) is 0 Å². The van der Waals surface area contributed by atoms with Crippen LogP contribution in [0.15, 0.2) is 146 Å². The second-order valence-electron chi connectivity index (χ2n) is 12.4. The van der Waals surface area contributed by atoms with Crippen molar-refractivity contribution in [2.75, 3.05) is 4.90 Å². The van der Waals surface area contributed by atoms with Gasteiger partial charge in [0.05, 0.1) is 11.4 Å². The van der Waals surface area contributed by atoms with Crippen LogP contribution in [0.5, 0.6) is 69.0 Å². The summed E-state index contributed by atoms with van der Waals surface area (Å²) in [5.74, 6) is 7.92. The number of benzene rings is 7. The topological polar surface area (TPSA) is 58.6 Å². The Morgan fingerprint density at radius 2 is 0.800 bits per heavy atom. The van der Waals surface area contributed by atoms with Gasteiger partial charge in [0.2, 0.25) is 0 Å². The van der Waals surface area contributed by atoms with Gasteiger partial charge in [-0.2, -0.15) is 0 Å². The first-order valence-electron chi connectivity index (χ1n) is 16.4. The summed E-state index contributed by atoms with van der Waals surface area (Å²) in [4.78, 5) is 2.18. The quantitative estimate of drug-likeness (QED) is 0.176. The molecule has 8 heteroatoms. The molecule has 11 rings (SSSR count). The van der Waals surface area contributed by atoms with Crippen LogP contribution in [0.25, 0.3) is 0 Å². The van der Waals surface area contributed by atoms with Gasteiger partial charge >= 0.3 is 0 Å². The third kappa shape index (κ3) is 4.05. The third-order valence-electron chi connectivity index (χ3n) is 9.46. The molecular weight excluding hydrogens is 625 g/mol. The first-order valence-corrected chi connectivity index (χ1v) is 16.4. The maximum Gasteiger partial charge on any atom is 0.260 e. The van der Waals surface area contributed by atoms with E-state index in [-0.39, 0.29) is 6.71 Å². The Balaban J connectivity index is 0.963. The number of para-hydroxylation sites is 8. The first-order chi connectivity index (χ1) is 24.7. The van der Waals surface area contributed by atoms with Gasteiger partial charge in [0.1, 0.15) is 40.2 Å². The highest BCUT2D eigenvalue weighted by molar-refractivity contribution is 6.98. The van der Waals surface area contributed by atoms with Gasteiger partial charge in [0, 0.05) is 29.7 Å². The van der Waals surface area contributed by atoms with Gasteiger partial charge in [-0.15, -0.1) is 0 Å². The van der Waals surface area contributed by atoms with Crippen molar-refractivity contribution in [2.24, 2.45) is 0 Å². The number of hydrogen-bond donors (Lipinski definition) is 0. The Labute approximate surface area is 287 Å². The minimum atomic E-state index is -0.0103. The highest BCUT2D eigenvalue weighted by atomic mass is 16.5. The molecular formula is C42H24BNO6. The van der Waals surface area contributed by atoms with Crippen molar-refractivity contribution in [1.82, 2.24) is 0 Å². The molecule has 0 fully saturated rings. The Hall–Kier alpha value is -6.80. The van der Waals surface area contributed by atoms with Gasteiger partial charge < -0.3 is 28.4 Å². The molecule has 7 aromatic rings. The van der Waals surface area contributed by atoms with Crippen LogP contribution in [0.4, 0.5) is 17.1 Å². The Kier molecular flexibility index (Phi) is 5.63. The normalized spacial score (nSPS) is 13.4. The zero-order chi connectivity index (χ0) is 32.8. The fourth-order valence-electron chi connectivity index (χ4n) is 7.36. The lowest BCUT2D eigenvalue weighted by Crippen LogP contribution is -2.57. The largest absolute Gasteiger partial charge is 0.458 e. The second-order valence-corrected chi connectivity index (χ2v) is 12.4. The molecule has 0 amide bonds. The minimum absolute atomic E-state index is 0.0103. The van der Waals surface area contributed by atoms with Crippen molar-refractivity contribution in [3.8, 4) is 69.0 Å². The molecule has 0 N–H and O–H groups in total. The summed E-state index contributed by atoms with van der Waals surface area (Å²) < 4.78 is 38.9. The lowest BCUT2D eigenvalue weighted by molar-refractivity contribution is 0.403. The van der Waals surface area contributed by atoms with Gasteiger partial charge in [-0.05, 0) is 59.5 Å². The second kappa shape index (κ2) is 10.4. The van der Waals surface area contributed by atoms with Gasteiger partial charge in [-0.1, -0.05) is 72.8 Å². The van der Waals surface area contributed by atoms with Crippen LogP contribution < -0.4 is 49.7 Å². The molecule has 0 atom stereocenters. The molecule has 0 aliphatic carbocycles. The van der Waals surface area contributed by atoms with Crippen LogP contribution in [-0.2, 0) is 0 Å². The molecule has 0 aromatic heterocycles. The molecule has 0 bridgehead atoms. The number of fused-ring (bicyclic) bond motifs is 8. The van der Waals surface area contributed by atoms with Crippen molar-refractivity contribution in [3.05, 3.63) is 146 Å². The van der Waals surface area contributed by atoms with Crippen LogP contribution in [-0.4, -0.2) is 6.71 Å². The lowest BCUT2D eigenvalue weighted by Gasteiger charge is -2.37. The molecule has 7 nitrogen and oxygen atoms in total. The number of rotatable bonds is 4. The molecule has 236 valence electrons. The van der Waals surface area contributed by atoms with E-state index in [1.54, 1.807) is 0 Å². The van der Waals surface area contributed by atoms with E-state index in [0.717, 1.165) is 56.4 Å². The van der Waals surface area contributed by atoms with Gasteiger partial charge in [0.25, 0.3) is 6.71 Å². The van der Waals surface area contributed by atoms with Crippen LogP contribution >= 0.6 is 0 Å². The van der Waals surface area contributed by atoms with Crippen LogP contribution in [0.3, 0.4) is 0 Å². The molecule has 4 aliphatic rings. The highest BCUT2D eigenvalue weighted by Crippen LogP contribution is 2.60. The molecule has 0 saturated heterocycles. The SMILES string of the molecule is c1ccc(Oc2cc3c4c(c2)Oc2ccccc2N4c2ccccc2O3)c(Oc2cc3c4c(c2)Oc2ccccc2B4c2ccccc2O3)c1. The zero-order valence-corrected chi connectivity index (χ0v) is 26.3. The summed E-state index contributed by atoms with van der Waals surface area (Å²) in [5, 5.41) is 0. The molecule has 4 aliphatic heterocycles. The van der Waals surface area contributed by atoms with E-state index in [2.05, 4.69) is 17.0 Å². The number of nitrogens with zero attached hydrogens (tertiary/aromatic N) is 1. The smallest absolute Gasteiger partial charge is 0.260 e. The standard InChI is InChI=1S/C42H24BNO6/c1-5-15-31-27(11-1)43-28-12-2-6-16-32(28)48-38-22-25(21-37(47-31)41(38)43)45-35-19-9-10-20-36(35)46-26-23-39-42-40(24-26)50-34-18-8-4-14-30(34)44(42)29-13-3-7-17-33(29)49-39/h1-24H. The van der Waals surface area contributed by atoms with E-state index in [9.17, 15) is 0 Å². The maximum absolute atomic E-state index is 6.56. The lowest BCUT2D eigenvalue weighted by atomic mass is 9.35. The summed E-state index contributed by atoms with van der Waals surface area (Å²) >= 11 is 0. The first kappa shape index (κ1) is 27.2. The molecule has 7 aromatic carbocycles. The van der Waals surface area contributed by atoms with Crippen LogP contribution in [0.2, 0.25) is 0 Å². The molecule has 0 spiro atoms. The fourth-order valence-corrected chi connectivity index (χ4v) is 7.36. The Morgan fingerprint density at radius 3 is 1.32 bits per heavy atom. The van der Waals surface area contributed by atoms with Crippen molar-refractivity contribution in [3.63, 3.8) is 0 Å². The maximum atomic E-state index is 6.56. The molecule has 0 unspecified atom stereocenters. The summed E-state index contributed by atoms with van der Waals surface area (Å²) in [5.41, 5.74) is 5.91. The Morgan fingerprint density at radius 1 is 0.400 bits per heavy atom. The van der Waals surface area contributed by atoms with Crippen molar-refractivity contribution in [2.45, 2.75) is 0 Å². The monoisotopic (exact) mass is 649 g/mol. The third-order valence-corrected chi connectivity index (χ3v) is 9.46. The van der Waals surface area contributed by atoms with Crippen LogP contribution in [0.1, 0.15) is 0 Å². The van der Waals surface area contributed by atoms with Crippen LogP contribution in [0, 0.1) is 0 Å². The van der Waals surface area contributed by atoms with E-state index in [1.807, 2.05) is 133 Å².